The Morgan fingerprint density at radius 3 is 2.52 bits per heavy atom. The van der Waals surface area contributed by atoms with Crippen LogP contribution in [0.25, 0.3) is 11.4 Å². The lowest BCUT2D eigenvalue weighted by Gasteiger charge is -2.21. The van der Waals surface area contributed by atoms with Crippen LogP contribution < -0.4 is 4.74 Å². The lowest BCUT2D eigenvalue weighted by atomic mass is 10.2. The molecule has 1 aromatic heterocycles. The minimum Gasteiger partial charge on any atom is -0.497 e. The van der Waals surface area contributed by atoms with E-state index in [1.54, 1.807) is 45.2 Å². The average Bonchev–Trinajstić information content (AvgIpc) is 3.26. The summed E-state index contributed by atoms with van der Waals surface area (Å²) in [6.07, 6.45) is 0. The van der Waals surface area contributed by atoms with E-state index in [2.05, 4.69) is 10.1 Å². The summed E-state index contributed by atoms with van der Waals surface area (Å²) in [7, 11) is -0.658. The van der Waals surface area contributed by atoms with Gasteiger partial charge in [-0.3, -0.25) is 0 Å². The fraction of sp³-hybridized carbons (Fsp3) is 0.286. The van der Waals surface area contributed by atoms with Crippen molar-refractivity contribution in [2.24, 2.45) is 0 Å². The molecule has 0 N–H and O–H groups in total. The van der Waals surface area contributed by atoms with Crippen molar-refractivity contribution in [2.75, 3.05) is 14.2 Å². The summed E-state index contributed by atoms with van der Waals surface area (Å²) < 4.78 is 42.0. The lowest BCUT2D eigenvalue weighted by molar-refractivity contribution is 0.0429. The summed E-state index contributed by atoms with van der Waals surface area (Å²) in [5.41, 5.74) is 0.822. The van der Waals surface area contributed by atoms with E-state index in [9.17, 15) is 13.2 Å². The molecule has 1 heterocycles. The fourth-order valence-corrected chi connectivity index (χ4v) is 4.02. The van der Waals surface area contributed by atoms with Crippen LogP contribution in [-0.2, 0) is 21.4 Å². The molecule has 0 saturated carbocycles. The van der Waals surface area contributed by atoms with E-state index in [1.165, 1.54) is 35.6 Å². The number of nitrogens with zero attached hydrogens (tertiary/aromatic N) is 3. The molecular weight excluding hydrogens is 422 g/mol. The van der Waals surface area contributed by atoms with E-state index >= 15 is 0 Å². The van der Waals surface area contributed by atoms with E-state index in [1.807, 2.05) is 0 Å². The Balaban J connectivity index is 1.68. The maximum absolute atomic E-state index is 12.6. The molecule has 0 spiro atoms. The van der Waals surface area contributed by atoms with E-state index < -0.39 is 16.0 Å². The number of hydrogen-bond donors (Lipinski definition) is 0. The van der Waals surface area contributed by atoms with Crippen molar-refractivity contribution in [2.45, 2.75) is 31.4 Å². The van der Waals surface area contributed by atoms with Gasteiger partial charge in [0, 0.05) is 18.7 Å². The highest BCUT2D eigenvalue weighted by Gasteiger charge is 2.24. The van der Waals surface area contributed by atoms with Crippen LogP contribution in [-0.4, -0.2) is 49.0 Å². The minimum atomic E-state index is -3.72. The molecule has 0 aliphatic carbocycles. The molecule has 0 aliphatic rings. The average molecular weight is 445 g/mol. The summed E-state index contributed by atoms with van der Waals surface area (Å²) >= 11 is 0. The van der Waals surface area contributed by atoms with Crippen molar-refractivity contribution in [3.63, 3.8) is 0 Å². The third-order valence-corrected chi connectivity index (χ3v) is 6.65. The van der Waals surface area contributed by atoms with Crippen molar-refractivity contribution >= 4 is 16.0 Å². The number of benzene rings is 2. The summed E-state index contributed by atoms with van der Waals surface area (Å²) in [6.45, 7) is 3.28. The lowest BCUT2D eigenvalue weighted by Crippen LogP contribution is -2.33. The van der Waals surface area contributed by atoms with Crippen LogP contribution in [0.5, 0.6) is 5.75 Å². The molecule has 0 atom stereocenters. The number of rotatable bonds is 8. The van der Waals surface area contributed by atoms with Crippen LogP contribution in [0.3, 0.4) is 0 Å². The number of ether oxygens (including phenoxy) is 2. The van der Waals surface area contributed by atoms with Gasteiger partial charge in [-0.1, -0.05) is 11.2 Å². The summed E-state index contributed by atoms with van der Waals surface area (Å²) in [5.74, 6) is 0.458. The van der Waals surface area contributed by atoms with Gasteiger partial charge in [0.15, 0.2) is 6.61 Å². The van der Waals surface area contributed by atoms with Crippen molar-refractivity contribution < 1.29 is 27.2 Å². The van der Waals surface area contributed by atoms with Gasteiger partial charge in [-0.15, -0.1) is 0 Å². The van der Waals surface area contributed by atoms with Crippen LogP contribution in [0.1, 0.15) is 30.1 Å². The van der Waals surface area contributed by atoms with Crippen molar-refractivity contribution in [3.8, 4) is 17.1 Å². The molecule has 31 heavy (non-hydrogen) atoms. The van der Waals surface area contributed by atoms with E-state index in [0.29, 0.717) is 17.1 Å². The molecule has 3 aromatic rings. The summed E-state index contributed by atoms with van der Waals surface area (Å²) in [5, 5.41) is 3.87. The zero-order valence-corrected chi connectivity index (χ0v) is 18.4. The molecule has 0 saturated heterocycles. The number of carbonyl (C=O) groups excluding carboxylic acids is 1. The Bertz CT molecular complexity index is 1160. The van der Waals surface area contributed by atoms with Gasteiger partial charge in [0.1, 0.15) is 5.75 Å². The standard InChI is InChI=1S/C21H23N3O6S/c1-14(2)24(3)31(26,27)18-7-5-6-16(12-18)21(25)29-13-19-22-20(23-30-19)15-8-10-17(28-4)11-9-15/h5-12,14H,13H2,1-4H3. The maximum Gasteiger partial charge on any atom is 0.338 e. The highest BCUT2D eigenvalue weighted by atomic mass is 32.2. The van der Waals surface area contributed by atoms with Gasteiger partial charge < -0.3 is 14.0 Å². The number of aromatic nitrogens is 2. The van der Waals surface area contributed by atoms with Crippen LogP contribution in [0.15, 0.2) is 57.9 Å². The largest absolute Gasteiger partial charge is 0.497 e. The number of carbonyl (C=O) groups is 1. The Kier molecular flexibility index (Phi) is 6.71. The van der Waals surface area contributed by atoms with Gasteiger partial charge in [-0.25, -0.2) is 13.2 Å². The van der Waals surface area contributed by atoms with Crippen molar-refractivity contribution in [1.82, 2.24) is 14.4 Å². The second-order valence-corrected chi connectivity index (χ2v) is 8.96. The second kappa shape index (κ2) is 9.27. The Morgan fingerprint density at radius 1 is 1.16 bits per heavy atom. The number of esters is 1. The van der Waals surface area contributed by atoms with E-state index in [0.717, 1.165) is 0 Å². The first kappa shape index (κ1) is 22.4. The van der Waals surface area contributed by atoms with Crippen LogP contribution >= 0.6 is 0 Å². The van der Waals surface area contributed by atoms with Crippen LogP contribution in [0.2, 0.25) is 0 Å². The van der Waals surface area contributed by atoms with Gasteiger partial charge in [0.2, 0.25) is 15.8 Å². The molecule has 0 bridgehead atoms. The van der Waals surface area contributed by atoms with Gasteiger partial charge >= 0.3 is 5.97 Å². The SMILES string of the molecule is COc1ccc(-c2noc(COC(=O)c3cccc(S(=O)(=O)N(C)C(C)C)c3)n2)cc1. The molecule has 0 aliphatic heterocycles. The van der Waals surface area contributed by atoms with Crippen molar-refractivity contribution in [3.05, 3.63) is 60.0 Å². The highest BCUT2D eigenvalue weighted by molar-refractivity contribution is 7.89. The number of hydrogen-bond acceptors (Lipinski definition) is 8. The molecule has 9 nitrogen and oxygen atoms in total. The monoisotopic (exact) mass is 445 g/mol. The summed E-state index contributed by atoms with van der Waals surface area (Å²) in [4.78, 5) is 16.6. The second-order valence-electron chi connectivity index (χ2n) is 6.96. The maximum atomic E-state index is 12.6. The molecule has 0 amide bonds. The Labute approximate surface area is 180 Å². The zero-order valence-electron chi connectivity index (χ0n) is 17.6. The molecule has 10 heteroatoms. The van der Waals surface area contributed by atoms with Gasteiger partial charge in [-0.2, -0.15) is 9.29 Å². The number of sulfonamides is 1. The Hall–Kier alpha value is -3.24. The summed E-state index contributed by atoms with van der Waals surface area (Å²) in [6, 6.07) is 12.6. The zero-order chi connectivity index (χ0) is 22.6. The molecule has 0 radical (unpaired) electrons. The fourth-order valence-electron chi connectivity index (χ4n) is 2.61. The molecule has 0 unspecified atom stereocenters. The molecule has 2 aromatic carbocycles. The topological polar surface area (TPSA) is 112 Å². The van der Waals surface area contributed by atoms with E-state index in [4.69, 9.17) is 14.0 Å². The highest BCUT2D eigenvalue weighted by Crippen LogP contribution is 2.21. The molecule has 0 fully saturated rings. The quantitative estimate of drug-likeness (QED) is 0.486. The first-order valence-corrected chi connectivity index (χ1v) is 10.9. The van der Waals surface area contributed by atoms with Crippen molar-refractivity contribution in [1.29, 1.82) is 0 Å². The minimum absolute atomic E-state index is 0.0118. The third kappa shape index (κ3) is 5.09. The van der Waals surface area contributed by atoms with Gasteiger partial charge in [0.05, 0.1) is 17.6 Å². The predicted octanol–water partition coefficient (Wildman–Crippen LogP) is 3.13. The Morgan fingerprint density at radius 2 is 1.87 bits per heavy atom. The van der Waals surface area contributed by atoms with E-state index in [-0.39, 0.29) is 29.0 Å². The molecule has 3 rings (SSSR count). The molecule has 164 valence electrons. The molecular formula is C21H23N3O6S. The van der Waals surface area contributed by atoms with Gasteiger partial charge in [-0.05, 0) is 56.3 Å². The third-order valence-electron chi connectivity index (χ3n) is 4.62. The first-order valence-electron chi connectivity index (χ1n) is 9.44. The van der Waals surface area contributed by atoms with Gasteiger partial charge in [0.25, 0.3) is 5.89 Å². The van der Waals surface area contributed by atoms with Crippen LogP contribution in [0.4, 0.5) is 0 Å². The number of methoxy groups -OCH3 is 1. The predicted molar refractivity (Wildman–Crippen MR) is 112 cm³/mol. The van der Waals surface area contributed by atoms with Crippen LogP contribution in [0, 0.1) is 0 Å². The first-order chi connectivity index (χ1) is 14.7. The smallest absolute Gasteiger partial charge is 0.338 e. The normalized spacial score (nSPS) is 11.7.